The zero-order valence-electron chi connectivity index (χ0n) is 11.5. The highest BCUT2D eigenvalue weighted by atomic mass is 16.5. The van der Waals surface area contributed by atoms with Crippen LogP contribution in [0.1, 0.15) is 0 Å². The second kappa shape index (κ2) is 5.54. The fourth-order valence-corrected chi connectivity index (χ4v) is 1.94. The maximum absolute atomic E-state index is 5.92. The molecule has 21 heavy (non-hydrogen) atoms. The van der Waals surface area contributed by atoms with Crippen LogP contribution >= 0.6 is 0 Å². The van der Waals surface area contributed by atoms with Gasteiger partial charge in [-0.25, -0.2) is 0 Å². The zero-order chi connectivity index (χ0) is 14.7. The molecule has 0 aliphatic heterocycles. The molecule has 0 bridgehead atoms. The molecule has 3 aromatic rings. The molecule has 0 atom stereocenters. The summed E-state index contributed by atoms with van der Waals surface area (Å²) >= 11 is 0. The van der Waals surface area contributed by atoms with Gasteiger partial charge in [0.25, 0.3) is 0 Å². The Morgan fingerprint density at radius 3 is 2.43 bits per heavy atom. The minimum Gasteiger partial charge on any atom is -0.497 e. The van der Waals surface area contributed by atoms with E-state index in [1.165, 1.54) is 0 Å². The number of rotatable bonds is 4. The Hall–Kier alpha value is -3.02. The highest BCUT2D eigenvalue weighted by molar-refractivity contribution is 5.54. The summed E-state index contributed by atoms with van der Waals surface area (Å²) in [5.41, 5.74) is 7.64. The molecule has 0 fully saturated rings. The largest absolute Gasteiger partial charge is 0.497 e. The van der Waals surface area contributed by atoms with Gasteiger partial charge in [-0.15, -0.1) is 5.10 Å². The van der Waals surface area contributed by atoms with Crippen molar-refractivity contribution in [3.05, 3.63) is 54.6 Å². The second-order valence-corrected chi connectivity index (χ2v) is 4.39. The number of ether oxygens (including phenoxy) is 1. The van der Waals surface area contributed by atoms with Crippen LogP contribution in [0.15, 0.2) is 54.6 Å². The number of nitrogens with zero attached hydrogens (tertiary/aromatic N) is 3. The van der Waals surface area contributed by atoms with E-state index in [4.69, 9.17) is 10.5 Å². The SMILES string of the molecule is COc1ccc(-n2nc(Nc3ccccc3)nc2N)cc1. The first-order valence-corrected chi connectivity index (χ1v) is 6.45. The molecule has 0 radical (unpaired) electrons. The maximum atomic E-state index is 5.92. The van der Waals surface area contributed by atoms with Crippen molar-refractivity contribution in [1.29, 1.82) is 0 Å². The summed E-state index contributed by atoms with van der Waals surface area (Å²) in [6, 6.07) is 17.1. The summed E-state index contributed by atoms with van der Waals surface area (Å²) in [5.74, 6) is 1.55. The van der Waals surface area contributed by atoms with E-state index in [0.29, 0.717) is 11.9 Å². The lowest BCUT2D eigenvalue weighted by molar-refractivity contribution is 0.414. The highest BCUT2D eigenvalue weighted by Crippen LogP contribution is 2.19. The second-order valence-electron chi connectivity index (χ2n) is 4.39. The van der Waals surface area contributed by atoms with Crippen molar-refractivity contribution in [2.45, 2.75) is 0 Å². The van der Waals surface area contributed by atoms with E-state index in [1.54, 1.807) is 11.8 Å². The molecule has 6 nitrogen and oxygen atoms in total. The van der Waals surface area contributed by atoms with E-state index in [-0.39, 0.29) is 0 Å². The van der Waals surface area contributed by atoms with Crippen LogP contribution in [-0.2, 0) is 0 Å². The average molecular weight is 281 g/mol. The predicted octanol–water partition coefficient (Wildman–Crippen LogP) is 2.60. The first-order chi connectivity index (χ1) is 10.3. The molecule has 6 heteroatoms. The van der Waals surface area contributed by atoms with Crippen molar-refractivity contribution in [3.63, 3.8) is 0 Å². The third-order valence-corrected chi connectivity index (χ3v) is 2.98. The van der Waals surface area contributed by atoms with Crippen molar-refractivity contribution in [2.75, 3.05) is 18.2 Å². The molecule has 1 heterocycles. The Bertz CT molecular complexity index is 722. The van der Waals surface area contributed by atoms with Crippen molar-refractivity contribution >= 4 is 17.6 Å². The molecule has 3 N–H and O–H groups in total. The third-order valence-electron chi connectivity index (χ3n) is 2.98. The average Bonchev–Trinajstić information content (AvgIpc) is 2.89. The number of hydrogen-bond donors (Lipinski definition) is 2. The van der Waals surface area contributed by atoms with Gasteiger partial charge in [0.05, 0.1) is 12.8 Å². The van der Waals surface area contributed by atoms with Gasteiger partial charge in [0.1, 0.15) is 5.75 Å². The Balaban J connectivity index is 1.86. The van der Waals surface area contributed by atoms with Gasteiger partial charge in [-0.2, -0.15) is 9.67 Å². The van der Waals surface area contributed by atoms with Crippen molar-refractivity contribution < 1.29 is 4.74 Å². The summed E-state index contributed by atoms with van der Waals surface area (Å²) in [4.78, 5) is 4.21. The van der Waals surface area contributed by atoms with Crippen LogP contribution in [0.25, 0.3) is 5.69 Å². The summed E-state index contributed by atoms with van der Waals surface area (Å²) in [6.45, 7) is 0. The first kappa shape index (κ1) is 13.0. The van der Waals surface area contributed by atoms with Gasteiger partial charge in [0.15, 0.2) is 0 Å². The van der Waals surface area contributed by atoms with E-state index in [0.717, 1.165) is 17.1 Å². The fourth-order valence-electron chi connectivity index (χ4n) is 1.94. The molecule has 106 valence electrons. The van der Waals surface area contributed by atoms with Gasteiger partial charge in [0, 0.05) is 5.69 Å². The smallest absolute Gasteiger partial charge is 0.248 e. The number of methoxy groups -OCH3 is 1. The molecule has 0 aliphatic rings. The molecule has 2 aromatic carbocycles. The molecule has 0 unspecified atom stereocenters. The minimum absolute atomic E-state index is 0.318. The van der Waals surface area contributed by atoms with Crippen LogP contribution in [0.5, 0.6) is 5.75 Å². The van der Waals surface area contributed by atoms with E-state index >= 15 is 0 Å². The van der Waals surface area contributed by atoms with Crippen LogP contribution in [0.3, 0.4) is 0 Å². The lowest BCUT2D eigenvalue weighted by Gasteiger charge is -2.04. The monoisotopic (exact) mass is 281 g/mol. The molecule has 1 aromatic heterocycles. The van der Waals surface area contributed by atoms with Crippen molar-refractivity contribution in [3.8, 4) is 11.4 Å². The van der Waals surface area contributed by atoms with Gasteiger partial charge in [-0.05, 0) is 36.4 Å². The van der Waals surface area contributed by atoms with Crippen molar-refractivity contribution in [1.82, 2.24) is 14.8 Å². The van der Waals surface area contributed by atoms with E-state index in [9.17, 15) is 0 Å². The van der Waals surface area contributed by atoms with Crippen LogP contribution in [0, 0.1) is 0 Å². The number of benzene rings is 2. The Labute approximate surface area is 122 Å². The molecule has 0 aliphatic carbocycles. The number of aromatic nitrogens is 3. The van der Waals surface area contributed by atoms with Crippen LogP contribution < -0.4 is 15.8 Å². The highest BCUT2D eigenvalue weighted by Gasteiger charge is 2.09. The van der Waals surface area contributed by atoms with Gasteiger partial charge in [-0.3, -0.25) is 0 Å². The molecule has 0 saturated carbocycles. The number of nitrogens with two attached hydrogens (primary N) is 1. The van der Waals surface area contributed by atoms with Gasteiger partial charge < -0.3 is 15.8 Å². The summed E-state index contributed by atoms with van der Waals surface area (Å²) in [7, 11) is 1.63. The molecule has 3 rings (SSSR count). The van der Waals surface area contributed by atoms with Crippen LogP contribution in [0.4, 0.5) is 17.6 Å². The molecule has 0 saturated heterocycles. The Morgan fingerprint density at radius 1 is 1.05 bits per heavy atom. The Kier molecular flexibility index (Phi) is 3.42. The molecular weight excluding hydrogens is 266 g/mol. The van der Waals surface area contributed by atoms with E-state index < -0.39 is 0 Å². The molecular formula is C15H15N5O. The van der Waals surface area contributed by atoms with Crippen molar-refractivity contribution in [2.24, 2.45) is 0 Å². The predicted molar refractivity (Wildman–Crippen MR) is 82.0 cm³/mol. The van der Waals surface area contributed by atoms with Gasteiger partial charge in [0.2, 0.25) is 11.9 Å². The van der Waals surface area contributed by atoms with E-state index in [1.807, 2.05) is 54.6 Å². The lowest BCUT2D eigenvalue weighted by atomic mass is 10.3. The number of nitrogens with one attached hydrogen (secondary N) is 1. The van der Waals surface area contributed by atoms with Crippen LogP contribution in [0.2, 0.25) is 0 Å². The lowest BCUT2D eigenvalue weighted by Crippen LogP contribution is -2.02. The summed E-state index contributed by atoms with van der Waals surface area (Å²) in [6.07, 6.45) is 0. The topological polar surface area (TPSA) is 78.0 Å². The number of hydrogen-bond acceptors (Lipinski definition) is 5. The normalized spacial score (nSPS) is 10.3. The summed E-state index contributed by atoms with van der Waals surface area (Å²) in [5, 5.41) is 7.47. The van der Waals surface area contributed by atoms with E-state index in [2.05, 4.69) is 15.4 Å². The molecule has 0 spiro atoms. The quantitative estimate of drug-likeness (QED) is 0.768. The van der Waals surface area contributed by atoms with Crippen LogP contribution in [-0.4, -0.2) is 21.9 Å². The number of nitrogen functional groups attached to an aromatic ring is 1. The van der Waals surface area contributed by atoms with Gasteiger partial charge in [-0.1, -0.05) is 18.2 Å². The minimum atomic E-state index is 0.318. The molecule has 0 amide bonds. The number of anilines is 3. The zero-order valence-corrected chi connectivity index (χ0v) is 11.5. The standard InChI is InChI=1S/C15H15N5O/c1-21-13-9-7-12(8-10-13)20-14(16)18-15(19-20)17-11-5-3-2-4-6-11/h2-10H,1H3,(H3,16,17,18,19). The third kappa shape index (κ3) is 2.79. The summed E-state index contributed by atoms with van der Waals surface area (Å²) < 4.78 is 6.70. The Morgan fingerprint density at radius 2 is 1.76 bits per heavy atom. The first-order valence-electron chi connectivity index (χ1n) is 6.45. The number of para-hydroxylation sites is 1. The maximum Gasteiger partial charge on any atom is 0.248 e. The fraction of sp³-hybridized carbons (Fsp3) is 0.0667. The van der Waals surface area contributed by atoms with Gasteiger partial charge >= 0.3 is 0 Å².